The Hall–Kier alpha value is -1.17. The third kappa shape index (κ3) is 3.65. The van der Waals surface area contributed by atoms with E-state index in [4.69, 9.17) is 4.42 Å². The second-order valence-electron chi connectivity index (χ2n) is 4.53. The first-order valence-electron chi connectivity index (χ1n) is 6.08. The monoisotopic (exact) mass is 324 g/mol. The highest BCUT2D eigenvalue weighted by atomic mass is 79.9. The van der Waals surface area contributed by atoms with Crippen LogP contribution < -0.4 is 0 Å². The molecule has 0 spiro atoms. The third-order valence-electron chi connectivity index (χ3n) is 2.99. The minimum absolute atomic E-state index is 0.0483. The van der Waals surface area contributed by atoms with Crippen LogP contribution in [0.4, 0.5) is 0 Å². The third-order valence-corrected chi connectivity index (χ3v) is 3.49. The van der Waals surface area contributed by atoms with Gasteiger partial charge in [0.25, 0.3) is 0 Å². The molecule has 19 heavy (non-hydrogen) atoms. The molecule has 1 aromatic heterocycles. The molecule has 0 saturated carbocycles. The van der Waals surface area contributed by atoms with Crippen molar-refractivity contribution in [3.05, 3.63) is 52.1 Å². The van der Waals surface area contributed by atoms with Crippen LogP contribution in [0.1, 0.15) is 23.3 Å². The van der Waals surface area contributed by atoms with E-state index in [1.807, 2.05) is 43.1 Å². The number of nitrogens with zero attached hydrogens (tertiary/aromatic N) is 2. The molecule has 4 nitrogen and oxygen atoms in total. The molecule has 1 atom stereocenters. The normalized spacial score (nSPS) is 12.9. The van der Waals surface area contributed by atoms with Gasteiger partial charge in [0.2, 0.25) is 5.89 Å². The summed E-state index contributed by atoms with van der Waals surface area (Å²) < 4.78 is 6.47. The lowest BCUT2D eigenvalue weighted by Crippen LogP contribution is -2.27. The molecule has 0 amide bonds. The van der Waals surface area contributed by atoms with Crippen LogP contribution in [0.2, 0.25) is 0 Å². The summed E-state index contributed by atoms with van der Waals surface area (Å²) in [6.45, 7) is 2.48. The smallest absolute Gasteiger partial charge is 0.208 e. The van der Waals surface area contributed by atoms with E-state index in [0.29, 0.717) is 12.4 Å². The molecule has 0 saturated heterocycles. The number of oxazole rings is 1. The van der Waals surface area contributed by atoms with E-state index < -0.39 is 0 Å². The Kier molecular flexibility index (Phi) is 4.74. The lowest BCUT2D eigenvalue weighted by Gasteiger charge is -2.25. The number of halogens is 1. The van der Waals surface area contributed by atoms with Crippen molar-refractivity contribution in [1.29, 1.82) is 0 Å². The number of rotatable bonds is 5. The summed E-state index contributed by atoms with van der Waals surface area (Å²) in [5, 5.41) is 9.62. The zero-order chi connectivity index (χ0) is 13.8. The van der Waals surface area contributed by atoms with Crippen LogP contribution >= 0.6 is 15.9 Å². The van der Waals surface area contributed by atoms with Gasteiger partial charge in [-0.3, -0.25) is 4.90 Å². The van der Waals surface area contributed by atoms with Gasteiger partial charge in [0.1, 0.15) is 5.76 Å². The zero-order valence-electron chi connectivity index (χ0n) is 11.0. The highest BCUT2D eigenvalue weighted by molar-refractivity contribution is 9.10. The molecule has 0 radical (unpaired) electrons. The van der Waals surface area contributed by atoms with Crippen molar-refractivity contribution in [2.45, 2.75) is 19.5 Å². The Bertz CT molecular complexity index is 542. The van der Waals surface area contributed by atoms with E-state index in [-0.39, 0.29) is 12.6 Å². The summed E-state index contributed by atoms with van der Waals surface area (Å²) >= 11 is 3.45. The highest BCUT2D eigenvalue weighted by Gasteiger charge is 2.18. The maximum atomic E-state index is 9.62. The van der Waals surface area contributed by atoms with Gasteiger partial charge in [-0.1, -0.05) is 28.1 Å². The fraction of sp³-hybridized carbons (Fsp3) is 0.357. The Morgan fingerprint density at radius 1 is 1.47 bits per heavy atom. The maximum absolute atomic E-state index is 9.62. The van der Waals surface area contributed by atoms with E-state index in [2.05, 4.69) is 20.9 Å². The molecule has 5 heteroatoms. The first-order valence-corrected chi connectivity index (χ1v) is 6.87. The van der Waals surface area contributed by atoms with Gasteiger partial charge in [-0.2, -0.15) is 0 Å². The Morgan fingerprint density at radius 3 is 2.84 bits per heavy atom. The predicted octanol–water partition coefficient (Wildman–Crippen LogP) is 2.91. The van der Waals surface area contributed by atoms with Gasteiger partial charge in [-0.05, 0) is 31.7 Å². The number of benzene rings is 1. The second kappa shape index (κ2) is 6.32. The molecule has 0 fully saturated rings. The number of hydrogen-bond donors (Lipinski definition) is 1. The fourth-order valence-corrected chi connectivity index (χ4v) is 2.43. The van der Waals surface area contributed by atoms with E-state index in [1.54, 1.807) is 6.20 Å². The molecule has 1 unspecified atom stereocenters. The molecule has 102 valence electrons. The summed E-state index contributed by atoms with van der Waals surface area (Å²) in [7, 11) is 1.95. The predicted molar refractivity (Wildman–Crippen MR) is 76.7 cm³/mol. The lowest BCUT2D eigenvalue weighted by molar-refractivity contribution is 0.133. The quantitative estimate of drug-likeness (QED) is 0.918. The second-order valence-corrected chi connectivity index (χ2v) is 5.45. The number of aryl methyl sites for hydroxylation is 1. The van der Waals surface area contributed by atoms with Crippen molar-refractivity contribution in [1.82, 2.24) is 9.88 Å². The molecule has 2 rings (SSSR count). The highest BCUT2D eigenvalue weighted by Crippen LogP contribution is 2.23. The average Bonchev–Trinajstić information content (AvgIpc) is 2.75. The lowest BCUT2D eigenvalue weighted by atomic mass is 10.1. The molecular formula is C14H17BrN2O2. The zero-order valence-corrected chi connectivity index (χ0v) is 12.6. The van der Waals surface area contributed by atoms with Crippen molar-refractivity contribution in [3.63, 3.8) is 0 Å². The molecule has 2 aromatic rings. The molecule has 0 aliphatic carbocycles. The minimum atomic E-state index is -0.0790. The fourth-order valence-electron chi connectivity index (χ4n) is 2.01. The van der Waals surface area contributed by atoms with E-state index in [1.165, 1.54) is 0 Å². The summed E-state index contributed by atoms with van der Waals surface area (Å²) in [6, 6.07) is 7.87. The van der Waals surface area contributed by atoms with Crippen LogP contribution in [-0.4, -0.2) is 28.6 Å². The standard InChI is InChI=1S/C14H17BrN2O2/c1-10-7-16-14(19-10)8-17(2)13(9-18)11-4-3-5-12(15)6-11/h3-7,13,18H,8-9H2,1-2H3. The first kappa shape index (κ1) is 14.2. The SMILES string of the molecule is Cc1cnc(CN(C)C(CO)c2cccc(Br)c2)o1. The van der Waals surface area contributed by atoms with E-state index in [0.717, 1.165) is 15.8 Å². The van der Waals surface area contributed by atoms with Crippen LogP contribution in [0.25, 0.3) is 0 Å². The molecule has 1 heterocycles. The minimum Gasteiger partial charge on any atom is -0.445 e. The van der Waals surface area contributed by atoms with Gasteiger partial charge < -0.3 is 9.52 Å². The Labute approximate surface area is 121 Å². The van der Waals surface area contributed by atoms with Crippen molar-refractivity contribution in [3.8, 4) is 0 Å². The molecule has 0 aliphatic heterocycles. The topological polar surface area (TPSA) is 49.5 Å². The Morgan fingerprint density at radius 2 is 2.26 bits per heavy atom. The average molecular weight is 325 g/mol. The molecule has 0 bridgehead atoms. The molecular weight excluding hydrogens is 308 g/mol. The summed E-state index contributed by atoms with van der Waals surface area (Å²) in [4.78, 5) is 6.21. The summed E-state index contributed by atoms with van der Waals surface area (Å²) in [6.07, 6.45) is 1.70. The van der Waals surface area contributed by atoms with Crippen LogP contribution in [0.3, 0.4) is 0 Å². The molecule has 1 N–H and O–H groups in total. The van der Waals surface area contributed by atoms with Crippen molar-refractivity contribution in [2.75, 3.05) is 13.7 Å². The molecule has 1 aromatic carbocycles. The van der Waals surface area contributed by atoms with Gasteiger partial charge in [0, 0.05) is 4.47 Å². The Balaban J connectivity index is 2.12. The van der Waals surface area contributed by atoms with Gasteiger partial charge in [0.05, 0.1) is 25.4 Å². The first-order chi connectivity index (χ1) is 9.10. The summed E-state index contributed by atoms with van der Waals surface area (Å²) in [5.74, 6) is 1.46. The van der Waals surface area contributed by atoms with Crippen LogP contribution in [0, 0.1) is 6.92 Å². The van der Waals surface area contributed by atoms with Gasteiger partial charge in [-0.15, -0.1) is 0 Å². The van der Waals surface area contributed by atoms with Crippen LogP contribution in [0.5, 0.6) is 0 Å². The summed E-state index contributed by atoms with van der Waals surface area (Å²) in [5.41, 5.74) is 1.06. The van der Waals surface area contributed by atoms with E-state index >= 15 is 0 Å². The number of aromatic nitrogens is 1. The van der Waals surface area contributed by atoms with Crippen molar-refractivity contribution in [2.24, 2.45) is 0 Å². The number of aliphatic hydroxyl groups excluding tert-OH is 1. The molecule has 0 aliphatic rings. The number of likely N-dealkylation sites (N-methyl/N-ethyl adjacent to an activating group) is 1. The largest absolute Gasteiger partial charge is 0.445 e. The maximum Gasteiger partial charge on any atom is 0.208 e. The van der Waals surface area contributed by atoms with Gasteiger partial charge >= 0.3 is 0 Å². The van der Waals surface area contributed by atoms with Crippen molar-refractivity contribution >= 4 is 15.9 Å². The van der Waals surface area contributed by atoms with Crippen LogP contribution in [-0.2, 0) is 6.54 Å². The van der Waals surface area contributed by atoms with Gasteiger partial charge in [-0.25, -0.2) is 4.98 Å². The number of hydrogen-bond acceptors (Lipinski definition) is 4. The number of aliphatic hydroxyl groups is 1. The van der Waals surface area contributed by atoms with Crippen molar-refractivity contribution < 1.29 is 9.52 Å². The van der Waals surface area contributed by atoms with E-state index in [9.17, 15) is 5.11 Å². The van der Waals surface area contributed by atoms with Gasteiger partial charge in [0.15, 0.2) is 0 Å². The van der Waals surface area contributed by atoms with Crippen LogP contribution in [0.15, 0.2) is 39.4 Å².